The third-order valence-corrected chi connectivity index (χ3v) is 3.42. The van der Waals surface area contributed by atoms with Gasteiger partial charge in [0.1, 0.15) is 5.75 Å². The Hall–Kier alpha value is -2.75. The van der Waals surface area contributed by atoms with E-state index in [0.29, 0.717) is 12.2 Å². The number of hydrogen-bond acceptors (Lipinski definition) is 4. The summed E-state index contributed by atoms with van der Waals surface area (Å²) in [5.41, 5.74) is 2.18. The quantitative estimate of drug-likeness (QED) is 0.621. The van der Waals surface area contributed by atoms with Crippen LogP contribution < -0.4 is 10.1 Å². The summed E-state index contributed by atoms with van der Waals surface area (Å²) in [4.78, 5) is 12.1. The number of rotatable bonds is 7. The molecule has 120 valence electrons. The number of esters is 1. The molecule has 1 N–H and O–H groups in total. The van der Waals surface area contributed by atoms with Crippen LogP contribution in [-0.2, 0) is 9.53 Å². The molecule has 0 aliphatic carbocycles. The molecule has 0 aliphatic heterocycles. The molecule has 2 rings (SSSR count). The van der Waals surface area contributed by atoms with E-state index in [4.69, 9.17) is 9.47 Å². The number of anilines is 1. The van der Waals surface area contributed by atoms with Gasteiger partial charge >= 0.3 is 5.97 Å². The summed E-state index contributed by atoms with van der Waals surface area (Å²) in [5.74, 6) is 0.374. The van der Waals surface area contributed by atoms with Gasteiger partial charge in [-0.05, 0) is 36.8 Å². The lowest BCUT2D eigenvalue weighted by Crippen LogP contribution is -2.20. The first-order valence-electron chi connectivity index (χ1n) is 7.47. The van der Waals surface area contributed by atoms with Crippen LogP contribution in [0.2, 0.25) is 0 Å². The molecule has 1 atom stereocenters. The lowest BCUT2D eigenvalue weighted by atomic mass is 9.99. The van der Waals surface area contributed by atoms with Gasteiger partial charge in [-0.15, -0.1) is 0 Å². The number of carbonyl (C=O) groups excluding carboxylic acids is 1. The Morgan fingerprint density at radius 2 is 1.78 bits per heavy atom. The van der Waals surface area contributed by atoms with E-state index < -0.39 is 5.97 Å². The van der Waals surface area contributed by atoms with E-state index in [9.17, 15) is 4.79 Å². The van der Waals surface area contributed by atoms with Crippen LogP contribution in [0.1, 0.15) is 18.5 Å². The number of nitrogens with one attached hydrogen (secondary N) is 1. The summed E-state index contributed by atoms with van der Waals surface area (Å²) in [6, 6.07) is 16.8. The summed E-state index contributed by atoms with van der Waals surface area (Å²) < 4.78 is 10.2. The molecule has 0 bridgehead atoms. The largest absolute Gasteiger partial charge is 0.497 e. The fourth-order valence-electron chi connectivity index (χ4n) is 2.21. The fourth-order valence-corrected chi connectivity index (χ4v) is 2.21. The predicted octanol–water partition coefficient (Wildman–Crippen LogP) is 3.97. The Balaban J connectivity index is 2.26. The molecule has 23 heavy (non-hydrogen) atoms. The van der Waals surface area contributed by atoms with Gasteiger partial charge in [0.05, 0.1) is 25.3 Å². The third kappa shape index (κ3) is 4.36. The van der Waals surface area contributed by atoms with Crippen molar-refractivity contribution < 1.29 is 14.3 Å². The molecule has 0 amide bonds. The van der Waals surface area contributed by atoms with Crippen LogP contribution in [-0.4, -0.2) is 19.7 Å². The Bertz CT molecular complexity index is 650. The van der Waals surface area contributed by atoms with E-state index in [1.54, 1.807) is 14.0 Å². The lowest BCUT2D eigenvalue weighted by Gasteiger charge is -2.22. The van der Waals surface area contributed by atoms with Crippen molar-refractivity contribution in [1.29, 1.82) is 0 Å². The molecule has 0 unspecified atom stereocenters. The molecule has 2 aromatic rings. The zero-order chi connectivity index (χ0) is 16.7. The molecule has 0 fully saturated rings. The van der Waals surface area contributed by atoms with Crippen LogP contribution in [0.25, 0.3) is 0 Å². The highest BCUT2D eigenvalue weighted by Crippen LogP contribution is 2.27. The van der Waals surface area contributed by atoms with Gasteiger partial charge in [0.15, 0.2) is 0 Å². The minimum atomic E-state index is -0.401. The van der Waals surface area contributed by atoms with Gasteiger partial charge in [-0.2, -0.15) is 0 Å². The van der Waals surface area contributed by atoms with Gasteiger partial charge in [0, 0.05) is 5.69 Å². The van der Waals surface area contributed by atoms with E-state index in [0.717, 1.165) is 17.0 Å². The van der Waals surface area contributed by atoms with Crippen LogP contribution in [0, 0.1) is 0 Å². The number of hydrogen-bond donors (Lipinski definition) is 1. The molecule has 0 saturated carbocycles. The second-order valence-electron chi connectivity index (χ2n) is 4.96. The van der Waals surface area contributed by atoms with Crippen LogP contribution in [0.5, 0.6) is 5.75 Å². The van der Waals surface area contributed by atoms with Gasteiger partial charge in [0.25, 0.3) is 0 Å². The average Bonchev–Trinajstić information content (AvgIpc) is 2.60. The minimum Gasteiger partial charge on any atom is -0.497 e. The maximum atomic E-state index is 12.1. The summed E-state index contributed by atoms with van der Waals surface area (Å²) in [6.07, 6.45) is 0. The maximum absolute atomic E-state index is 12.1. The number of ether oxygens (including phenoxy) is 2. The Kier molecular flexibility index (Phi) is 5.80. The molecule has 0 heterocycles. The number of carbonyl (C=O) groups is 1. The molecular formula is C19H21NO3. The highest BCUT2D eigenvalue weighted by molar-refractivity contribution is 5.90. The molecule has 0 radical (unpaired) electrons. The van der Waals surface area contributed by atoms with Crippen LogP contribution in [0.4, 0.5) is 5.69 Å². The van der Waals surface area contributed by atoms with Crippen molar-refractivity contribution >= 4 is 11.7 Å². The zero-order valence-corrected chi connectivity index (χ0v) is 13.4. The second-order valence-corrected chi connectivity index (χ2v) is 4.96. The van der Waals surface area contributed by atoms with E-state index in [-0.39, 0.29) is 6.04 Å². The smallest absolute Gasteiger partial charge is 0.335 e. The normalized spacial score (nSPS) is 11.4. The third-order valence-electron chi connectivity index (χ3n) is 3.42. The first-order chi connectivity index (χ1) is 11.2. The first-order valence-corrected chi connectivity index (χ1v) is 7.47. The zero-order valence-electron chi connectivity index (χ0n) is 13.4. The van der Waals surface area contributed by atoms with E-state index in [2.05, 4.69) is 11.9 Å². The van der Waals surface area contributed by atoms with Gasteiger partial charge in [0.2, 0.25) is 0 Å². The van der Waals surface area contributed by atoms with Crippen molar-refractivity contribution in [3.63, 3.8) is 0 Å². The Morgan fingerprint density at radius 3 is 2.35 bits per heavy atom. The summed E-state index contributed by atoms with van der Waals surface area (Å²) in [6.45, 7) is 6.02. The maximum Gasteiger partial charge on any atom is 0.335 e. The summed E-state index contributed by atoms with van der Waals surface area (Å²) in [5, 5.41) is 3.33. The molecule has 0 saturated heterocycles. The van der Waals surface area contributed by atoms with Gasteiger partial charge in [-0.1, -0.05) is 36.9 Å². The van der Waals surface area contributed by atoms with Crippen molar-refractivity contribution in [2.45, 2.75) is 13.0 Å². The van der Waals surface area contributed by atoms with Crippen LogP contribution >= 0.6 is 0 Å². The van der Waals surface area contributed by atoms with Crippen molar-refractivity contribution in [3.05, 3.63) is 72.3 Å². The molecule has 0 aromatic heterocycles. The van der Waals surface area contributed by atoms with E-state index in [1.807, 2.05) is 54.6 Å². The average molecular weight is 311 g/mol. The Labute approximate surface area is 136 Å². The fraction of sp³-hybridized carbons (Fsp3) is 0.211. The van der Waals surface area contributed by atoms with Crippen LogP contribution in [0.15, 0.2) is 66.7 Å². The molecule has 2 aromatic carbocycles. The van der Waals surface area contributed by atoms with Crippen molar-refractivity contribution in [2.24, 2.45) is 0 Å². The number of benzene rings is 2. The highest BCUT2D eigenvalue weighted by atomic mass is 16.5. The first kappa shape index (κ1) is 16.6. The van der Waals surface area contributed by atoms with Gasteiger partial charge < -0.3 is 14.8 Å². The summed E-state index contributed by atoms with van der Waals surface area (Å²) in [7, 11) is 1.62. The van der Waals surface area contributed by atoms with Gasteiger partial charge in [-0.25, -0.2) is 4.79 Å². The van der Waals surface area contributed by atoms with E-state index >= 15 is 0 Å². The SMILES string of the molecule is C=C(C(=O)OCC)[C@H](Nc1ccc(OC)cc1)c1ccccc1. The topological polar surface area (TPSA) is 47.6 Å². The lowest BCUT2D eigenvalue weighted by molar-refractivity contribution is -0.138. The van der Waals surface area contributed by atoms with Gasteiger partial charge in [-0.3, -0.25) is 0 Å². The second kappa shape index (κ2) is 8.03. The molecule has 4 heteroatoms. The number of methoxy groups -OCH3 is 1. The van der Waals surface area contributed by atoms with Crippen molar-refractivity contribution in [1.82, 2.24) is 0 Å². The molecule has 0 spiro atoms. The van der Waals surface area contributed by atoms with Crippen LogP contribution in [0.3, 0.4) is 0 Å². The standard InChI is InChI=1S/C19H21NO3/c1-4-23-19(21)14(2)18(15-8-6-5-7-9-15)20-16-10-12-17(22-3)13-11-16/h5-13,18,20H,2,4H2,1,3H3/t18-/m0/s1. The Morgan fingerprint density at radius 1 is 1.13 bits per heavy atom. The van der Waals surface area contributed by atoms with E-state index in [1.165, 1.54) is 0 Å². The molecular weight excluding hydrogens is 290 g/mol. The molecule has 0 aliphatic rings. The summed E-state index contributed by atoms with van der Waals surface area (Å²) >= 11 is 0. The predicted molar refractivity (Wildman–Crippen MR) is 91.6 cm³/mol. The van der Waals surface area contributed by atoms with Crippen molar-refractivity contribution in [3.8, 4) is 5.75 Å². The molecule has 4 nitrogen and oxygen atoms in total. The minimum absolute atomic E-state index is 0.321. The monoisotopic (exact) mass is 311 g/mol. The van der Waals surface area contributed by atoms with Crippen molar-refractivity contribution in [2.75, 3.05) is 19.0 Å². The highest BCUT2D eigenvalue weighted by Gasteiger charge is 2.21.